The summed E-state index contributed by atoms with van der Waals surface area (Å²) in [6.45, 7) is 1.75. The highest BCUT2D eigenvalue weighted by Gasteiger charge is 2.20. The van der Waals surface area contributed by atoms with Gasteiger partial charge in [-0.3, -0.25) is 10.1 Å². The number of nitro groups is 1. The predicted octanol–water partition coefficient (Wildman–Crippen LogP) is 2.17. The van der Waals surface area contributed by atoms with Gasteiger partial charge in [0.05, 0.1) is 11.5 Å². The van der Waals surface area contributed by atoms with Crippen molar-refractivity contribution in [2.24, 2.45) is 0 Å². The van der Waals surface area contributed by atoms with E-state index in [0.29, 0.717) is 10.2 Å². The molecule has 5 nitrogen and oxygen atoms in total. The number of hydrogen-bond donors (Lipinski definition) is 1. The standard InChI is InChI=1S/C10H13BrN2O3/c1-7(6-14)12(2)9-4-3-8(11)5-10(9)13(15)16/h3-5,7,14H,6H2,1-2H3/t7-/m0/s1. The number of aliphatic hydroxyl groups excluding tert-OH is 1. The molecule has 0 aromatic heterocycles. The average Bonchev–Trinajstić information content (AvgIpc) is 2.26. The SMILES string of the molecule is C[C@@H](CO)N(C)c1ccc(Br)cc1[N+](=O)[O-]. The van der Waals surface area contributed by atoms with Gasteiger partial charge >= 0.3 is 0 Å². The van der Waals surface area contributed by atoms with Gasteiger partial charge in [0.2, 0.25) is 0 Å². The predicted molar refractivity (Wildman–Crippen MR) is 65.7 cm³/mol. The van der Waals surface area contributed by atoms with E-state index in [0.717, 1.165) is 0 Å². The smallest absolute Gasteiger partial charge is 0.293 e. The lowest BCUT2D eigenvalue weighted by Gasteiger charge is -2.24. The Hall–Kier alpha value is -1.14. The van der Waals surface area contributed by atoms with E-state index < -0.39 is 4.92 Å². The number of nitrogens with zero attached hydrogens (tertiary/aromatic N) is 2. The van der Waals surface area contributed by atoms with Gasteiger partial charge in [-0.15, -0.1) is 0 Å². The zero-order valence-electron chi connectivity index (χ0n) is 9.05. The summed E-state index contributed by atoms with van der Waals surface area (Å²) in [7, 11) is 1.72. The third-order valence-electron chi connectivity index (χ3n) is 2.44. The molecule has 0 amide bonds. The van der Waals surface area contributed by atoms with E-state index in [4.69, 9.17) is 5.11 Å². The van der Waals surface area contributed by atoms with E-state index in [1.165, 1.54) is 6.07 Å². The first-order valence-corrected chi connectivity index (χ1v) is 5.54. The fraction of sp³-hybridized carbons (Fsp3) is 0.400. The van der Waals surface area contributed by atoms with Crippen LogP contribution in [-0.4, -0.2) is 29.7 Å². The highest BCUT2D eigenvalue weighted by molar-refractivity contribution is 9.10. The molecule has 16 heavy (non-hydrogen) atoms. The summed E-state index contributed by atoms with van der Waals surface area (Å²) in [5.41, 5.74) is 0.520. The molecule has 0 unspecified atom stereocenters. The van der Waals surface area contributed by atoms with Crippen LogP contribution in [0.1, 0.15) is 6.92 Å². The number of nitro benzene ring substituents is 1. The minimum atomic E-state index is -0.430. The van der Waals surface area contributed by atoms with Crippen molar-refractivity contribution in [1.29, 1.82) is 0 Å². The molecule has 6 heteroatoms. The van der Waals surface area contributed by atoms with E-state index >= 15 is 0 Å². The molecule has 1 N–H and O–H groups in total. The number of rotatable bonds is 4. The van der Waals surface area contributed by atoms with Crippen molar-refractivity contribution in [3.8, 4) is 0 Å². The van der Waals surface area contributed by atoms with Crippen LogP contribution in [-0.2, 0) is 0 Å². The van der Waals surface area contributed by atoms with Gasteiger partial charge in [0.15, 0.2) is 0 Å². The fourth-order valence-corrected chi connectivity index (χ4v) is 1.65. The minimum absolute atomic E-state index is 0.0252. The molecule has 0 saturated carbocycles. The summed E-state index contributed by atoms with van der Waals surface area (Å²) in [6.07, 6.45) is 0. The molecule has 1 rings (SSSR count). The second kappa shape index (κ2) is 5.27. The van der Waals surface area contributed by atoms with Crippen molar-refractivity contribution in [2.45, 2.75) is 13.0 Å². The molecule has 1 aromatic carbocycles. The first-order chi connectivity index (χ1) is 7.47. The van der Waals surface area contributed by atoms with Crippen LogP contribution in [0.15, 0.2) is 22.7 Å². The monoisotopic (exact) mass is 288 g/mol. The largest absolute Gasteiger partial charge is 0.394 e. The zero-order valence-corrected chi connectivity index (χ0v) is 10.6. The third-order valence-corrected chi connectivity index (χ3v) is 2.93. The van der Waals surface area contributed by atoms with Crippen LogP contribution in [0.5, 0.6) is 0 Å². The number of halogens is 1. The Labute approximate surface area is 102 Å². The van der Waals surface area contributed by atoms with Gasteiger partial charge in [-0.2, -0.15) is 0 Å². The van der Waals surface area contributed by atoms with Gasteiger partial charge in [0.1, 0.15) is 5.69 Å². The number of hydrogen-bond acceptors (Lipinski definition) is 4. The summed E-state index contributed by atoms with van der Waals surface area (Å²) in [6, 6.07) is 4.69. The van der Waals surface area contributed by atoms with Gasteiger partial charge in [-0.05, 0) is 19.1 Å². The Balaban J connectivity index is 3.17. The van der Waals surface area contributed by atoms with E-state index in [2.05, 4.69) is 15.9 Å². The summed E-state index contributed by atoms with van der Waals surface area (Å²) >= 11 is 3.20. The third kappa shape index (κ3) is 2.70. The summed E-state index contributed by atoms with van der Waals surface area (Å²) in [4.78, 5) is 12.1. The average molecular weight is 289 g/mol. The lowest BCUT2D eigenvalue weighted by molar-refractivity contribution is -0.384. The van der Waals surface area contributed by atoms with Crippen molar-refractivity contribution in [1.82, 2.24) is 0 Å². The first-order valence-electron chi connectivity index (χ1n) is 4.75. The van der Waals surface area contributed by atoms with Crippen molar-refractivity contribution < 1.29 is 10.0 Å². The summed E-state index contributed by atoms with van der Waals surface area (Å²) in [5.74, 6) is 0. The van der Waals surface area contributed by atoms with Crippen LogP contribution in [0.4, 0.5) is 11.4 Å². The topological polar surface area (TPSA) is 66.6 Å². The number of benzene rings is 1. The van der Waals surface area contributed by atoms with Crippen molar-refractivity contribution in [3.05, 3.63) is 32.8 Å². The number of likely N-dealkylation sites (N-methyl/N-ethyl adjacent to an activating group) is 1. The Morgan fingerprint density at radius 2 is 2.25 bits per heavy atom. The molecular weight excluding hydrogens is 276 g/mol. The van der Waals surface area contributed by atoms with E-state index in [1.54, 1.807) is 31.0 Å². The normalized spacial score (nSPS) is 12.2. The molecular formula is C10H13BrN2O3. The maximum atomic E-state index is 10.9. The molecule has 0 fully saturated rings. The Morgan fingerprint density at radius 1 is 1.62 bits per heavy atom. The molecule has 0 aliphatic rings. The first kappa shape index (κ1) is 12.9. The van der Waals surface area contributed by atoms with Crippen LogP contribution < -0.4 is 4.90 Å². The zero-order chi connectivity index (χ0) is 12.3. The lowest BCUT2D eigenvalue weighted by Crippen LogP contribution is -2.32. The van der Waals surface area contributed by atoms with Crippen molar-refractivity contribution in [3.63, 3.8) is 0 Å². The van der Waals surface area contributed by atoms with Crippen LogP contribution in [0, 0.1) is 10.1 Å². The molecule has 1 aromatic rings. The van der Waals surface area contributed by atoms with Crippen LogP contribution in [0.3, 0.4) is 0 Å². The quantitative estimate of drug-likeness (QED) is 0.681. The second-order valence-electron chi connectivity index (χ2n) is 3.53. The maximum Gasteiger partial charge on any atom is 0.293 e. The lowest BCUT2D eigenvalue weighted by atomic mass is 10.2. The molecule has 0 radical (unpaired) electrons. The highest BCUT2D eigenvalue weighted by atomic mass is 79.9. The molecule has 0 spiro atoms. The maximum absolute atomic E-state index is 10.9. The van der Waals surface area contributed by atoms with Gasteiger partial charge in [0.25, 0.3) is 5.69 Å². The van der Waals surface area contributed by atoms with E-state index in [-0.39, 0.29) is 18.3 Å². The Bertz CT molecular complexity index is 398. The molecule has 0 saturated heterocycles. The highest BCUT2D eigenvalue weighted by Crippen LogP contribution is 2.31. The van der Waals surface area contributed by atoms with Gasteiger partial charge < -0.3 is 10.0 Å². The van der Waals surface area contributed by atoms with Gasteiger partial charge in [0, 0.05) is 23.6 Å². The molecule has 0 bridgehead atoms. The molecule has 0 aliphatic heterocycles. The molecule has 0 aliphatic carbocycles. The Morgan fingerprint density at radius 3 is 2.75 bits per heavy atom. The van der Waals surface area contributed by atoms with Crippen LogP contribution >= 0.6 is 15.9 Å². The van der Waals surface area contributed by atoms with Crippen molar-refractivity contribution >= 4 is 27.3 Å². The molecule has 88 valence electrons. The van der Waals surface area contributed by atoms with Gasteiger partial charge in [-0.25, -0.2) is 0 Å². The fourth-order valence-electron chi connectivity index (χ4n) is 1.30. The van der Waals surface area contributed by atoms with Crippen LogP contribution in [0.2, 0.25) is 0 Å². The Kier molecular flexibility index (Phi) is 4.26. The number of aliphatic hydroxyl groups is 1. The molecule has 0 heterocycles. The summed E-state index contributed by atoms with van der Waals surface area (Å²) in [5, 5.41) is 19.9. The molecule has 1 atom stereocenters. The van der Waals surface area contributed by atoms with E-state index in [1.807, 2.05) is 0 Å². The van der Waals surface area contributed by atoms with Crippen LogP contribution in [0.25, 0.3) is 0 Å². The van der Waals surface area contributed by atoms with Crippen molar-refractivity contribution in [2.75, 3.05) is 18.6 Å². The van der Waals surface area contributed by atoms with E-state index in [9.17, 15) is 10.1 Å². The second-order valence-corrected chi connectivity index (χ2v) is 4.45. The number of anilines is 1. The minimum Gasteiger partial charge on any atom is -0.394 e. The summed E-state index contributed by atoms with van der Waals surface area (Å²) < 4.78 is 0.660. The van der Waals surface area contributed by atoms with Gasteiger partial charge in [-0.1, -0.05) is 15.9 Å².